The summed E-state index contributed by atoms with van der Waals surface area (Å²) in [5.74, 6) is 0.587. The van der Waals surface area contributed by atoms with Gasteiger partial charge in [0.05, 0.1) is 0 Å². The molecule has 13 heavy (non-hydrogen) atoms. The van der Waals surface area contributed by atoms with Crippen LogP contribution in [0.25, 0.3) is 0 Å². The van der Waals surface area contributed by atoms with Gasteiger partial charge in [-0.05, 0) is 33.6 Å². The quantitative estimate of drug-likeness (QED) is 0.710. The topological polar surface area (TPSA) is 46.3 Å². The molecule has 3 heteroatoms. The third-order valence-electron chi connectivity index (χ3n) is 2.36. The van der Waals surface area contributed by atoms with Crippen LogP contribution in [0.15, 0.2) is 0 Å². The SMILES string of the molecule is CC(C)(C)N(CCN)C(=O)C1CC1. The van der Waals surface area contributed by atoms with Crippen LogP contribution < -0.4 is 5.73 Å². The molecule has 0 aromatic carbocycles. The third kappa shape index (κ3) is 2.69. The Balaban J connectivity index is 2.60. The summed E-state index contributed by atoms with van der Waals surface area (Å²) in [6, 6.07) is 0. The molecule has 0 aromatic heterocycles. The lowest BCUT2D eigenvalue weighted by molar-refractivity contribution is -0.137. The monoisotopic (exact) mass is 184 g/mol. The van der Waals surface area contributed by atoms with Crippen LogP contribution in [-0.4, -0.2) is 29.4 Å². The van der Waals surface area contributed by atoms with Crippen molar-refractivity contribution in [3.63, 3.8) is 0 Å². The van der Waals surface area contributed by atoms with Crippen LogP contribution in [0.3, 0.4) is 0 Å². The van der Waals surface area contributed by atoms with Gasteiger partial charge in [0.2, 0.25) is 5.91 Å². The van der Waals surface area contributed by atoms with Crippen LogP contribution in [0.1, 0.15) is 33.6 Å². The first-order valence-corrected chi connectivity index (χ1v) is 4.98. The molecule has 2 N–H and O–H groups in total. The number of carbonyl (C=O) groups excluding carboxylic acids is 1. The molecule has 1 saturated carbocycles. The van der Waals surface area contributed by atoms with Crippen molar-refractivity contribution in [2.24, 2.45) is 11.7 Å². The molecule has 0 unspecified atom stereocenters. The molecular weight excluding hydrogens is 164 g/mol. The van der Waals surface area contributed by atoms with Gasteiger partial charge in [0.25, 0.3) is 0 Å². The number of hydrogen-bond acceptors (Lipinski definition) is 2. The van der Waals surface area contributed by atoms with E-state index in [1.165, 1.54) is 0 Å². The Hall–Kier alpha value is -0.570. The molecule has 1 amide bonds. The van der Waals surface area contributed by atoms with Gasteiger partial charge in [-0.1, -0.05) is 0 Å². The summed E-state index contributed by atoms with van der Waals surface area (Å²) < 4.78 is 0. The normalized spacial score (nSPS) is 17.2. The highest BCUT2D eigenvalue weighted by molar-refractivity contribution is 5.81. The van der Waals surface area contributed by atoms with Gasteiger partial charge in [0.15, 0.2) is 0 Å². The van der Waals surface area contributed by atoms with E-state index in [-0.39, 0.29) is 11.4 Å². The highest BCUT2D eigenvalue weighted by Crippen LogP contribution is 2.32. The average Bonchev–Trinajstić information content (AvgIpc) is 2.78. The van der Waals surface area contributed by atoms with Crippen molar-refractivity contribution in [1.29, 1.82) is 0 Å². The Morgan fingerprint density at radius 3 is 2.31 bits per heavy atom. The zero-order valence-electron chi connectivity index (χ0n) is 8.84. The van der Waals surface area contributed by atoms with Crippen LogP contribution >= 0.6 is 0 Å². The number of nitrogens with two attached hydrogens (primary N) is 1. The van der Waals surface area contributed by atoms with Gasteiger partial charge in [0, 0.05) is 24.5 Å². The van der Waals surface area contributed by atoms with Crippen molar-refractivity contribution >= 4 is 5.91 Å². The van der Waals surface area contributed by atoms with Gasteiger partial charge >= 0.3 is 0 Å². The highest BCUT2D eigenvalue weighted by Gasteiger charge is 2.37. The Kier molecular flexibility index (Phi) is 2.96. The van der Waals surface area contributed by atoms with Crippen LogP contribution in [-0.2, 0) is 4.79 Å². The Morgan fingerprint density at radius 1 is 1.46 bits per heavy atom. The standard InChI is InChI=1S/C10H20N2O/c1-10(2,3)12(7-6-11)9(13)8-4-5-8/h8H,4-7,11H2,1-3H3. The van der Waals surface area contributed by atoms with Gasteiger partial charge in [-0.25, -0.2) is 0 Å². The highest BCUT2D eigenvalue weighted by atomic mass is 16.2. The van der Waals surface area contributed by atoms with Crippen LogP contribution in [0.2, 0.25) is 0 Å². The number of rotatable bonds is 3. The van der Waals surface area contributed by atoms with E-state index in [1.807, 2.05) is 4.90 Å². The molecule has 0 heterocycles. The van der Waals surface area contributed by atoms with Gasteiger partial charge in [-0.3, -0.25) is 4.79 Å². The van der Waals surface area contributed by atoms with E-state index in [0.717, 1.165) is 12.8 Å². The lowest BCUT2D eigenvalue weighted by Crippen LogP contribution is -2.48. The molecule has 0 spiro atoms. The molecule has 0 atom stereocenters. The van der Waals surface area contributed by atoms with E-state index in [1.54, 1.807) is 0 Å². The number of hydrogen-bond donors (Lipinski definition) is 1. The molecule has 1 aliphatic carbocycles. The van der Waals surface area contributed by atoms with E-state index < -0.39 is 0 Å². The lowest BCUT2D eigenvalue weighted by atomic mass is 10.1. The van der Waals surface area contributed by atoms with Gasteiger partial charge < -0.3 is 10.6 Å². The Bertz CT molecular complexity index is 192. The van der Waals surface area contributed by atoms with Crippen molar-refractivity contribution < 1.29 is 4.79 Å². The fourth-order valence-electron chi connectivity index (χ4n) is 1.46. The van der Waals surface area contributed by atoms with Gasteiger partial charge in [-0.15, -0.1) is 0 Å². The molecule has 1 aliphatic rings. The first kappa shape index (κ1) is 10.5. The average molecular weight is 184 g/mol. The second kappa shape index (κ2) is 3.66. The summed E-state index contributed by atoms with van der Waals surface area (Å²) in [5.41, 5.74) is 5.41. The van der Waals surface area contributed by atoms with Crippen molar-refractivity contribution in [3.05, 3.63) is 0 Å². The van der Waals surface area contributed by atoms with Crippen molar-refractivity contribution in [2.45, 2.75) is 39.2 Å². The van der Waals surface area contributed by atoms with E-state index in [0.29, 0.717) is 19.0 Å². The van der Waals surface area contributed by atoms with Crippen LogP contribution in [0, 0.1) is 5.92 Å². The van der Waals surface area contributed by atoms with Crippen LogP contribution in [0.5, 0.6) is 0 Å². The van der Waals surface area contributed by atoms with E-state index >= 15 is 0 Å². The third-order valence-corrected chi connectivity index (χ3v) is 2.36. The summed E-state index contributed by atoms with van der Waals surface area (Å²) in [7, 11) is 0. The summed E-state index contributed by atoms with van der Waals surface area (Å²) in [6.07, 6.45) is 2.13. The van der Waals surface area contributed by atoms with E-state index in [2.05, 4.69) is 20.8 Å². The zero-order chi connectivity index (χ0) is 10.1. The lowest BCUT2D eigenvalue weighted by Gasteiger charge is -2.35. The second-order valence-corrected chi connectivity index (χ2v) is 4.72. The molecule has 0 aliphatic heterocycles. The maximum atomic E-state index is 11.8. The summed E-state index contributed by atoms with van der Waals surface area (Å²) in [6.45, 7) is 7.41. The van der Waals surface area contributed by atoms with Crippen molar-refractivity contribution in [2.75, 3.05) is 13.1 Å². The Labute approximate surface area is 80.3 Å². The molecule has 0 saturated heterocycles. The minimum Gasteiger partial charge on any atom is -0.336 e. The maximum absolute atomic E-state index is 11.8. The molecule has 0 bridgehead atoms. The summed E-state index contributed by atoms with van der Waals surface area (Å²) in [5, 5.41) is 0. The predicted molar refractivity (Wildman–Crippen MR) is 53.2 cm³/mol. The fourth-order valence-corrected chi connectivity index (χ4v) is 1.46. The fraction of sp³-hybridized carbons (Fsp3) is 0.900. The molecular formula is C10H20N2O. The molecule has 3 nitrogen and oxygen atoms in total. The van der Waals surface area contributed by atoms with Crippen molar-refractivity contribution in [1.82, 2.24) is 4.90 Å². The largest absolute Gasteiger partial charge is 0.336 e. The van der Waals surface area contributed by atoms with Crippen LogP contribution in [0.4, 0.5) is 0 Å². The predicted octanol–water partition coefficient (Wildman–Crippen LogP) is 0.982. The number of amides is 1. The first-order chi connectivity index (χ1) is 5.96. The Morgan fingerprint density at radius 2 is 2.00 bits per heavy atom. The minimum absolute atomic E-state index is 0.0843. The smallest absolute Gasteiger partial charge is 0.226 e. The molecule has 76 valence electrons. The summed E-state index contributed by atoms with van der Waals surface area (Å²) >= 11 is 0. The molecule has 0 aromatic rings. The van der Waals surface area contributed by atoms with Crippen molar-refractivity contribution in [3.8, 4) is 0 Å². The van der Waals surface area contributed by atoms with Gasteiger partial charge in [0.1, 0.15) is 0 Å². The second-order valence-electron chi connectivity index (χ2n) is 4.72. The maximum Gasteiger partial charge on any atom is 0.226 e. The molecule has 0 radical (unpaired) electrons. The number of carbonyl (C=O) groups is 1. The minimum atomic E-state index is -0.0843. The van der Waals surface area contributed by atoms with E-state index in [4.69, 9.17) is 5.73 Å². The summed E-state index contributed by atoms with van der Waals surface area (Å²) in [4.78, 5) is 13.7. The molecule has 1 rings (SSSR count). The first-order valence-electron chi connectivity index (χ1n) is 4.98. The number of nitrogens with zero attached hydrogens (tertiary/aromatic N) is 1. The van der Waals surface area contributed by atoms with E-state index in [9.17, 15) is 4.79 Å². The zero-order valence-corrected chi connectivity index (χ0v) is 8.84. The van der Waals surface area contributed by atoms with Gasteiger partial charge in [-0.2, -0.15) is 0 Å². The molecule has 1 fully saturated rings.